The fourth-order valence-corrected chi connectivity index (χ4v) is 4.46. The second-order valence-corrected chi connectivity index (χ2v) is 6.60. The van der Waals surface area contributed by atoms with Crippen LogP contribution in [-0.4, -0.2) is 41.2 Å². The van der Waals surface area contributed by atoms with Crippen LogP contribution in [0.2, 0.25) is 0 Å². The fraction of sp³-hybridized carbons (Fsp3) is 0.417. The van der Waals surface area contributed by atoms with Gasteiger partial charge in [-0.25, -0.2) is 8.42 Å². The Hall–Kier alpha value is -1.80. The lowest BCUT2D eigenvalue weighted by Gasteiger charge is -2.21. The predicted molar refractivity (Wildman–Crippen MR) is 72.3 cm³/mol. The Bertz CT molecular complexity index is 698. The fourth-order valence-electron chi connectivity index (χ4n) is 2.63. The second kappa shape index (κ2) is 4.64. The smallest absolute Gasteiger partial charge is 0.261 e. The number of hydrogen-bond donors (Lipinski definition) is 1. The number of amides is 1. The number of primary amides is 1. The molecule has 1 saturated heterocycles. The van der Waals surface area contributed by atoms with E-state index in [-0.39, 0.29) is 11.6 Å². The first-order valence-electron chi connectivity index (χ1n) is 6.31. The molecule has 0 spiro atoms. The minimum absolute atomic E-state index is 0.00579. The number of pyridine rings is 1. The molecule has 0 bridgehead atoms. The van der Waals surface area contributed by atoms with Crippen molar-refractivity contribution >= 4 is 21.0 Å². The van der Waals surface area contributed by atoms with Gasteiger partial charge in [-0.3, -0.25) is 14.8 Å². The van der Waals surface area contributed by atoms with E-state index in [1.165, 1.54) is 0 Å². The van der Waals surface area contributed by atoms with Gasteiger partial charge < -0.3 is 5.73 Å². The molecule has 7 nitrogen and oxygen atoms in total. The standard InChI is InChI=1S/C12H14N4O3S/c13-11(17)10-4-2-6-16(10)20(18,19)12-8-3-1-5-14-9(8)7-15-12/h1,3,5,10H,2,4,6-7H2,(H2,13,17)/t10-/m0/s1. The largest absolute Gasteiger partial charge is 0.368 e. The third-order valence-electron chi connectivity index (χ3n) is 3.58. The first-order valence-corrected chi connectivity index (χ1v) is 7.75. The molecule has 2 aliphatic rings. The minimum atomic E-state index is -3.80. The zero-order valence-corrected chi connectivity index (χ0v) is 11.5. The Labute approximate surface area is 116 Å². The maximum atomic E-state index is 12.7. The van der Waals surface area contributed by atoms with E-state index < -0.39 is 22.0 Å². The predicted octanol–water partition coefficient (Wildman–Crippen LogP) is -0.379. The molecule has 1 fully saturated rings. The number of fused-ring (bicyclic) bond motifs is 1. The Morgan fingerprint density at radius 2 is 2.25 bits per heavy atom. The molecule has 8 heteroatoms. The van der Waals surface area contributed by atoms with Crippen LogP contribution in [0, 0.1) is 0 Å². The van der Waals surface area contributed by atoms with E-state index in [4.69, 9.17) is 5.73 Å². The van der Waals surface area contributed by atoms with Gasteiger partial charge in [0.15, 0.2) is 5.04 Å². The van der Waals surface area contributed by atoms with Crippen LogP contribution in [0.5, 0.6) is 0 Å². The normalized spacial score (nSPS) is 22.6. The van der Waals surface area contributed by atoms with Crippen LogP contribution in [0.15, 0.2) is 23.3 Å². The van der Waals surface area contributed by atoms with Crippen LogP contribution in [0.3, 0.4) is 0 Å². The molecule has 0 unspecified atom stereocenters. The Balaban J connectivity index is 2.00. The number of aromatic nitrogens is 1. The molecule has 1 aromatic rings. The Kier molecular flexibility index (Phi) is 3.06. The van der Waals surface area contributed by atoms with E-state index in [0.29, 0.717) is 30.6 Å². The summed E-state index contributed by atoms with van der Waals surface area (Å²) in [4.78, 5) is 19.6. The van der Waals surface area contributed by atoms with Gasteiger partial charge in [0.05, 0.1) is 12.2 Å². The maximum absolute atomic E-state index is 12.7. The van der Waals surface area contributed by atoms with Crippen LogP contribution in [0.25, 0.3) is 0 Å². The van der Waals surface area contributed by atoms with E-state index in [9.17, 15) is 13.2 Å². The van der Waals surface area contributed by atoms with Crippen LogP contribution in [0.4, 0.5) is 0 Å². The monoisotopic (exact) mass is 294 g/mol. The number of carbonyl (C=O) groups excluding carboxylic acids is 1. The van der Waals surface area contributed by atoms with Crippen molar-refractivity contribution in [1.82, 2.24) is 9.29 Å². The third-order valence-corrected chi connectivity index (χ3v) is 5.47. The topological polar surface area (TPSA) is 106 Å². The van der Waals surface area contributed by atoms with Gasteiger partial charge >= 0.3 is 0 Å². The minimum Gasteiger partial charge on any atom is -0.368 e. The number of carbonyl (C=O) groups is 1. The number of rotatable bonds is 2. The molecule has 0 aliphatic carbocycles. The summed E-state index contributed by atoms with van der Waals surface area (Å²) in [6.45, 7) is 0.546. The Morgan fingerprint density at radius 1 is 1.45 bits per heavy atom. The average Bonchev–Trinajstić information content (AvgIpc) is 3.06. The van der Waals surface area contributed by atoms with Crippen LogP contribution >= 0.6 is 0 Å². The quantitative estimate of drug-likeness (QED) is 0.802. The van der Waals surface area contributed by atoms with Crippen molar-refractivity contribution in [3.05, 3.63) is 29.6 Å². The first kappa shape index (κ1) is 13.2. The van der Waals surface area contributed by atoms with Crippen LogP contribution in [0.1, 0.15) is 24.1 Å². The number of nitrogens with two attached hydrogens (primary N) is 1. The summed E-state index contributed by atoms with van der Waals surface area (Å²) in [7, 11) is -3.80. The molecule has 0 saturated carbocycles. The van der Waals surface area contributed by atoms with Gasteiger partial charge in [-0.2, -0.15) is 4.31 Å². The van der Waals surface area contributed by atoms with E-state index >= 15 is 0 Å². The summed E-state index contributed by atoms with van der Waals surface area (Å²) in [5.41, 5.74) is 6.44. The highest BCUT2D eigenvalue weighted by molar-refractivity contribution is 8.05. The van der Waals surface area contributed by atoms with Crippen molar-refractivity contribution in [3.63, 3.8) is 0 Å². The summed E-state index contributed by atoms with van der Waals surface area (Å²) in [5, 5.41) is -0.00579. The summed E-state index contributed by atoms with van der Waals surface area (Å²) < 4.78 is 26.5. The molecule has 3 rings (SSSR count). The lowest BCUT2D eigenvalue weighted by Crippen LogP contribution is -2.46. The third kappa shape index (κ3) is 1.92. The van der Waals surface area contributed by atoms with Gasteiger partial charge in [0.25, 0.3) is 10.0 Å². The van der Waals surface area contributed by atoms with Crippen molar-refractivity contribution in [2.24, 2.45) is 10.7 Å². The van der Waals surface area contributed by atoms with Gasteiger partial charge in [-0.15, -0.1) is 0 Å². The van der Waals surface area contributed by atoms with Crippen molar-refractivity contribution < 1.29 is 13.2 Å². The molecule has 0 radical (unpaired) electrons. The molecule has 1 amide bonds. The van der Waals surface area contributed by atoms with Crippen molar-refractivity contribution in [3.8, 4) is 0 Å². The highest BCUT2D eigenvalue weighted by Gasteiger charge is 2.42. The highest BCUT2D eigenvalue weighted by atomic mass is 32.2. The summed E-state index contributed by atoms with van der Waals surface area (Å²) in [5.74, 6) is -0.615. The Morgan fingerprint density at radius 3 is 3.00 bits per heavy atom. The van der Waals surface area contributed by atoms with Gasteiger partial charge in [0.2, 0.25) is 5.91 Å². The molecule has 3 heterocycles. The van der Waals surface area contributed by atoms with Gasteiger partial charge in [0, 0.05) is 18.3 Å². The van der Waals surface area contributed by atoms with Crippen LogP contribution < -0.4 is 5.73 Å². The molecule has 2 aliphatic heterocycles. The molecular formula is C12H14N4O3S. The van der Waals surface area contributed by atoms with Crippen molar-refractivity contribution in [2.75, 3.05) is 6.54 Å². The van der Waals surface area contributed by atoms with Crippen LogP contribution in [-0.2, 0) is 21.4 Å². The average molecular weight is 294 g/mol. The van der Waals surface area contributed by atoms with E-state index in [1.54, 1.807) is 18.3 Å². The molecule has 0 aromatic carbocycles. The second-order valence-electron chi connectivity index (χ2n) is 4.80. The number of aliphatic imine (C=N–C) groups is 1. The van der Waals surface area contributed by atoms with Gasteiger partial charge in [-0.05, 0) is 25.0 Å². The zero-order valence-electron chi connectivity index (χ0n) is 10.7. The lowest BCUT2D eigenvalue weighted by atomic mass is 10.2. The number of nitrogens with zero attached hydrogens (tertiary/aromatic N) is 3. The van der Waals surface area contributed by atoms with E-state index in [0.717, 1.165) is 4.31 Å². The maximum Gasteiger partial charge on any atom is 0.261 e. The summed E-state index contributed by atoms with van der Waals surface area (Å²) in [6.07, 6.45) is 2.69. The van der Waals surface area contributed by atoms with Gasteiger partial charge in [-0.1, -0.05) is 0 Å². The lowest BCUT2D eigenvalue weighted by molar-refractivity contribution is -0.120. The van der Waals surface area contributed by atoms with E-state index in [2.05, 4.69) is 9.98 Å². The molecule has 2 N–H and O–H groups in total. The van der Waals surface area contributed by atoms with Crippen molar-refractivity contribution in [1.29, 1.82) is 0 Å². The first-order chi connectivity index (χ1) is 9.51. The zero-order chi connectivity index (χ0) is 14.3. The molecule has 20 heavy (non-hydrogen) atoms. The molecule has 1 atom stereocenters. The highest BCUT2D eigenvalue weighted by Crippen LogP contribution is 2.27. The van der Waals surface area contributed by atoms with Gasteiger partial charge in [0.1, 0.15) is 6.04 Å². The van der Waals surface area contributed by atoms with E-state index in [1.807, 2.05) is 0 Å². The number of hydrogen-bond acceptors (Lipinski definition) is 5. The molecule has 1 aromatic heterocycles. The summed E-state index contributed by atoms with van der Waals surface area (Å²) >= 11 is 0. The SMILES string of the molecule is NC(=O)[C@@H]1CCCN1S(=O)(=O)C1=NCc2ncccc21. The molecule has 106 valence electrons. The molecular weight excluding hydrogens is 280 g/mol. The van der Waals surface area contributed by atoms with Crippen molar-refractivity contribution in [2.45, 2.75) is 25.4 Å². The summed E-state index contributed by atoms with van der Waals surface area (Å²) in [6, 6.07) is 2.58. The number of sulfonamides is 1.